The zero-order chi connectivity index (χ0) is 14.9. The van der Waals surface area contributed by atoms with E-state index in [1.165, 1.54) is 19.1 Å². The molecule has 0 heterocycles. The smallest absolute Gasteiger partial charge is 0.261 e. The van der Waals surface area contributed by atoms with Crippen LogP contribution in [0.5, 0.6) is 0 Å². The fourth-order valence-electron chi connectivity index (χ4n) is 1.64. The number of carbonyl (C=O) groups is 1. The first-order chi connectivity index (χ1) is 9.40. The molecule has 104 valence electrons. The Labute approximate surface area is 127 Å². The third-order valence-corrected chi connectivity index (χ3v) is 3.61. The predicted molar refractivity (Wildman–Crippen MR) is 78.2 cm³/mol. The maximum absolute atomic E-state index is 13.9. The minimum absolute atomic E-state index is 0.196. The van der Waals surface area contributed by atoms with Gasteiger partial charge in [-0.2, -0.15) is 0 Å². The highest BCUT2D eigenvalue weighted by Crippen LogP contribution is 2.27. The van der Waals surface area contributed by atoms with Crippen LogP contribution in [0.15, 0.2) is 34.8 Å². The number of rotatable bonds is 2. The Hall–Kier alpha value is -1.46. The van der Waals surface area contributed by atoms with Crippen LogP contribution < -0.4 is 5.32 Å². The lowest BCUT2D eigenvalue weighted by Crippen LogP contribution is -2.16. The summed E-state index contributed by atoms with van der Waals surface area (Å²) in [7, 11) is 0. The second-order valence-electron chi connectivity index (χ2n) is 4.13. The molecule has 0 atom stereocenters. The molecule has 0 saturated carbocycles. The summed E-state index contributed by atoms with van der Waals surface area (Å²) in [4.78, 5) is 12.0. The number of benzene rings is 2. The van der Waals surface area contributed by atoms with E-state index in [1.54, 1.807) is 12.1 Å². The molecule has 6 heteroatoms. The van der Waals surface area contributed by atoms with Crippen LogP contribution in [-0.2, 0) is 0 Å². The number of halogens is 4. The predicted octanol–water partition coefficient (Wildman–Crippen LogP) is 4.94. The summed E-state index contributed by atoms with van der Waals surface area (Å²) >= 11 is 9.04. The van der Waals surface area contributed by atoms with E-state index in [0.717, 1.165) is 6.07 Å². The zero-order valence-electron chi connectivity index (χ0n) is 10.3. The highest BCUT2D eigenvalue weighted by Gasteiger charge is 2.19. The lowest BCUT2D eigenvalue weighted by atomic mass is 10.1. The Morgan fingerprint density at radius 2 is 1.95 bits per heavy atom. The van der Waals surface area contributed by atoms with Crippen molar-refractivity contribution in [3.05, 3.63) is 62.6 Å². The molecule has 2 rings (SSSR count). The summed E-state index contributed by atoms with van der Waals surface area (Å²) in [6, 6.07) is 7.06. The molecule has 2 nitrogen and oxygen atoms in total. The van der Waals surface area contributed by atoms with Crippen LogP contribution in [0.2, 0.25) is 5.02 Å². The normalized spacial score (nSPS) is 10.4. The van der Waals surface area contributed by atoms with Gasteiger partial charge in [0.25, 0.3) is 5.91 Å². The van der Waals surface area contributed by atoms with Gasteiger partial charge in [-0.1, -0.05) is 17.7 Å². The van der Waals surface area contributed by atoms with Crippen molar-refractivity contribution >= 4 is 39.1 Å². The van der Waals surface area contributed by atoms with E-state index in [0.29, 0.717) is 15.2 Å². The van der Waals surface area contributed by atoms with Gasteiger partial charge in [0.2, 0.25) is 0 Å². The summed E-state index contributed by atoms with van der Waals surface area (Å²) in [5.74, 6) is -2.66. The van der Waals surface area contributed by atoms with Crippen molar-refractivity contribution in [2.75, 3.05) is 5.32 Å². The molecule has 0 unspecified atom stereocenters. The number of hydrogen-bond acceptors (Lipinski definition) is 1. The number of nitrogens with one attached hydrogen (secondary N) is 1. The van der Waals surface area contributed by atoms with E-state index >= 15 is 0 Å². The quantitative estimate of drug-likeness (QED) is 0.807. The van der Waals surface area contributed by atoms with Crippen LogP contribution in [-0.4, -0.2) is 5.91 Å². The molecule has 0 aliphatic rings. The summed E-state index contributed by atoms with van der Waals surface area (Å²) in [5, 5.41) is 2.82. The molecule has 0 spiro atoms. The van der Waals surface area contributed by atoms with E-state index in [-0.39, 0.29) is 5.56 Å². The molecule has 0 saturated heterocycles. The molecule has 0 aliphatic heterocycles. The van der Waals surface area contributed by atoms with Gasteiger partial charge in [0, 0.05) is 9.50 Å². The first-order valence-corrected chi connectivity index (χ1v) is 6.78. The number of aryl methyl sites for hydroxylation is 1. The van der Waals surface area contributed by atoms with Crippen molar-refractivity contribution in [1.29, 1.82) is 0 Å². The fraction of sp³-hybridized carbons (Fsp3) is 0.0714. The van der Waals surface area contributed by atoms with Gasteiger partial charge < -0.3 is 5.32 Å². The zero-order valence-corrected chi connectivity index (χ0v) is 12.6. The standard InChI is InChI=1S/C14H9BrClF2NO/c1-7-2-5-10(17)12(13(7)18)14(20)19-11-6-8(16)3-4-9(11)15/h2-6H,1H3,(H,19,20). The van der Waals surface area contributed by atoms with E-state index in [2.05, 4.69) is 21.2 Å². The van der Waals surface area contributed by atoms with Crippen LogP contribution in [0.1, 0.15) is 15.9 Å². The minimum atomic E-state index is -0.913. The van der Waals surface area contributed by atoms with Gasteiger partial charge in [0.15, 0.2) is 0 Å². The first kappa shape index (κ1) is 14.9. The molecule has 2 aromatic carbocycles. The third-order valence-electron chi connectivity index (χ3n) is 2.69. The Morgan fingerprint density at radius 3 is 2.65 bits per heavy atom. The lowest BCUT2D eigenvalue weighted by molar-refractivity contribution is 0.101. The molecular weight excluding hydrogens is 352 g/mol. The minimum Gasteiger partial charge on any atom is -0.321 e. The number of carbonyl (C=O) groups excluding carboxylic acids is 1. The molecular formula is C14H9BrClF2NO. The average molecular weight is 361 g/mol. The monoisotopic (exact) mass is 359 g/mol. The third kappa shape index (κ3) is 2.99. The maximum atomic E-state index is 13.9. The largest absolute Gasteiger partial charge is 0.321 e. The molecule has 1 amide bonds. The van der Waals surface area contributed by atoms with Crippen LogP contribution >= 0.6 is 27.5 Å². The van der Waals surface area contributed by atoms with E-state index in [9.17, 15) is 13.6 Å². The lowest BCUT2D eigenvalue weighted by Gasteiger charge is -2.10. The molecule has 0 fully saturated rings. The molecule has 1 N–H and O–H groups in total. The highest BCUT2D eigenvalue weighted by atomic mass is 79.9. The average Bonchev–Trinajstić information content (AvgIpc) is 2.39. The summed E-state index contributed by atoms with van der Waals surface area (Å²) in [6.45, 7) is 1.46. The highest BCUT2D eigenvalue weighted by molar-refractivity contribution is 9.10. The van der Waals surface area contributed by atoms with Crippen molar-refractivity contribution in [3.63, 3.8) is 0 Å². The van der Waals surface area contributed by atoms with Crippen molar-refractivity contribution in [2.24, 2.45) is 0 Å². The Balaban J connectivity index is 2.38. The summed E-state index contributed by atoms with van der Waals surface area (Å²) in [6.07, 6.45) is 0. The Kier molecular flexibility index (Phi) is 4.40. The molecule has 20 heavy (non-hydrogen) atoms. The number of amides is 1. The molecule has 0 bridgehead atoms. The Bertz CT molecular complexity index is 691. The SMILES string of the molecule is Cc1ccc(F)c(C(=O)Nc2cc(Cl)ccc2Br)c1F. The van der Waals surface area contributed by atoms with Gasteiger partial charge in [-0.15, -0.1) is 0 Å². The first-order valence-electron chi connectivity index (χ1n) is 5.61. The van der Waals surface area contributed by atoms with Crippen molar-refractivity contribution in [2.45, 2.75) is 6.92 Å². The van der Waals surface area contributed by atoms with Gasteiger partial charge in [-0.3, -0.25) is 4.79 Å². The van der Waals surface area contributed by atoms with Crippen LogP contribution in [0.4, 0.5) is 14.5 Å². The summed E-state index contributed by atoms with van der Waals surface area (Å²) in [5.41, 5.74) is -0.0820. The van der Waals surface area contributed by atoms with Crippen LogP contribution in [0.25, 0.3) is 0 Å². The van der Waals surface area contributed by atoms with Gasteiger partial charge in [-0.05, 0) is 52.7 Å². The van der Waals surface area contributed by atoms with E-state index in [1.807, 2.05) is 0 Å². The van der Waals surface area contributed by atoms with Crippen molar-refractivity contribution in [1.82, 2.24) is 0 Å². The van der Waals surface area contributed by atoms with E-state index in [4.69, 9.17) is 11.6 Å². The topological polar surface area (TPSA) is 29.1 Å². The molecule has 2 aromatic rings. The summed E-state index contributed by atoms with van der Waals surface area (Å²) < 4.78 is 28.0. The van der Waals surface area contributed by atoms with Crippen LogP contribution in [0.3, 0.4) is 0 Å². The van der Waals surface area contributed by atoms with E-state index < -0.39 is 23.1 Å². The van der Waals surface area contributed by atoms with Gasteiger partial charge in [-0.25, -0.2) is 8.78 Å². The Morgan fingerprint density at radius 1 is 1.25 bits per heavy atom. The number of anilines is 1. The molecule has 0 aliphatic carbocycles. The molecule has 0 radical (unpaired) electrons. The molecule has 0 aromatic heterocycles. The fourth-order valence-corrected chi connectivity index (χ4v) is 2.16. The second kappa shape index (κ2) is 5.89. The van der Waals surface area contributed by atoms with Crippen LogP contribution in [0, 0.1) is 18.6 Å². The second-order valence-corrected chi connectivity index (χ2v) is 5.42. The van der Waals surface area contributed by atoms with Gasteiger partial charge in [0.05, 0.1) is 5.69 Å². The van der Waals surface area contributed by atoms with Gasteiger partial charge in [0.1, 0.15) is 17.2 Å². The number of hydrogen-bond donors (Lipinski definition) is 1. The van der Waals surface area contributed by atoms with Crippen molar-refractivity contribution < 1.29 is 13.6 Å². The van der Waals surface area contributed by atoms with Crippen molar-refractivity contribution in [3.8, 4) is 0 Å². The van der Waals surface area contributed by atoms with Gasteiger partial charge >= 0.3 is 0 Å². The maximum Gasteiger partial charge on any atom is 0.261 e.